The van der Waals surface area contributed by atoms with Gasteiger partial charge in [-0.05, 0) is 44.4 Å². The predicted octanol–water partition coefficient (Wildman–Crippen LogP) is 4.72. The Bertz CT molecular complexity index is 1750. The zero-order valence-corrected chi connectivity index (χ0v) is 26.2. The number of hydrogen-bond donors (Lipinski definition) is 1. The molecule has 9 rings (SSSR count). The van der Waals surface area contributed by atoms with E-state index in [-0.39, 0.29) is 17.4 Å². The SMILES string of the molecule is CC1(C)O[C@@H]2O[C@@H]([C@H]3Oc4ccccc4[C@@H]4[C@]3([N+](=O)[O-])C3CCCCN3[C@@]43C(=O)Nc4ccccc43)[C@@H](OCc3ccccc3)[C@@H]2O1. The molecule has 9 atom stereocenters. The van der Waals surface area contributed by atoms with Crippen molar-refractivity contribution in [3.8, 4) is 5.75 Å². The number of amides is 1. The van der Waals surface area contributed by atoms with Crippen LogP contribution in [0.25, 0.3) is 0 Å². The molecule has 47 heavy (non-hydrogen) atoms. The average Bonchev–Trinajstić information content (AvgIpc) is 3.75. The van der Waals surface area contributed by atoms with Crippen LogP contribution in [-0.2, 0) is 35.9 Å². The first-order valence-corrected chi connectivity index (χ1v) is 16.5. The topological polar surface area (TPSA) is 122 Å². The lowest BCUT2D eigenvalue weighted by atomic mass is 9.62. The van der Waals surface area contributed by atoms with Crippen molar-refractivity contribution < 1.29 is 33.4 Å². The summed E-state index contributed by atoms with van der Waals surface area (Å²) >= 11 is 0. The molecule has 244 valence electrons. The molecule has 11 heteroatoms. The quantitative estimate of drug-likeness (QED) is 0.312. The molecule has 6 aliphatic heterocycles. The molecule has 1 spiro atoms. The fourth-order valence-electron chi connectivity index (χ4n) is 9.61. The van der Waals surface area contributed by atoms with E-state index in [1.165, 1.54) is 0 Å². The fourth-order valence-corrected chi connectivity index (χ4v) is 9.61. The van der Waals surface area contributed by atoms with Gasteiger partial charge in [-0.1, -0.05) is 73.2 Å². The highest BCUT2D eigenvalue weighted by molar-refractivity contribution is 6.07. The van der Waals surface area contributed by atoms with Crippen LogP contribution in [0.1, 0.15) is 55.7 Å². The number of fused-ring (bicyclic) bond motifs is 10. The second kappa shape index (κ2) is 10.3. The fraction of sp³-hybridized carbons (Fsp3) is 0.472. The summed E-state index contributed by atoms with van der Waals surface area (Å²) in [5.74, 6) is -1.56. The van der Waals surface area contributed by atoms with Gasteiger partial charge in [0.15, 0.2) is 18.2 Å². The number of nitro groups is 1. The number of para-hydroxylation sites is 2. The van der Waals surface area contributed by atoms with Gasteiger partial charge < -0.3 is 29.0 Å². The molecule has 6 aliphatic rings. The molecule has 0 saturated carbocycles. The molecule has 6 heterocycles. The van der Waals surface area contributed by atoms with Gasteiger partial charge in [0.2, 0.25) is 0 Å². The molecule has 3 aromatic rings. The molecule has 11 nitrogen and oxygen atoms in total. The third kappa shape index (κ3) is 3.89. The zero-order chi connectivity index (χ0) is 32.1. The molecule has 1 N–H and O–H groups in total. The monoisotopic (exact) mass is 639 g/mol. The lowest BCUT2D eigenvalue weighted by Crippen LogP contribution is -2.69. The predicted molar refractivity (Wildman–Crippen MR) is 168 cm³/mol. The van der Waals surface area contributed by atoms with E-state index >= 15 is 0 Å². The van der Waals surface area contributed by atoms with Crippen LogP contribution >= 0.6 is 0 Å². The lowest BCUT2D eigenvalue weighted by Gasteiger charge is -2.46. The summed E-state index contributed by atoms with van der Waals surface area (Å²) in [5.41, 5.74) is -0.0673. The molecule has 1 unspecified atom stereocenters. The number of piperidine rings is 1. The maximum absolute atomic E-state index is 14.6. The summed E-state index contributed by atoms with van der Waals surface area (Å²) in [5, 5.41) is 17.3. The summed E-state index contributed by atoms with van der Waals surface area (Å²) in [6.07, 6.45) is -2.14. The van der Waals surface area contributed by atoms with E-state index in [2.05, 4.69) is 10.2 Å². The van der Waals surface area contributed by atoms with Crippen molar-refractivity contribution in [1.82, 2.24) is 4.90 Å². The third-order valence-electron chi connectivity index (χ3n) is 11.2. The standard InChI is InChI=1S/C36H37N3O8/c1-34(2)46-29-27(43-20-21-12-4-3-5-13-21)28(45-32(29)47-34)31-36(39(41)42)26-18-10-11-19-38(26)35(23-15-7-8-16-24(23)37-33(35)40)30(36)22-14-6-9-17-25(22)44-31/h3-9,12-17,26-32H,10-11,18-20H2,1-2H3,(H,37,40)/t26?,27-,28-,29+,30+,31-,32+,35-,36-/m1/s1. The number of ether oxygens (including phenoxy) is 5. The highest BCUT2D eigenvalue weighted by Gasteiger charge is 2.84. The number of rotatable bonds is 5. The number of carbonyl (C=O) groups excluding carboxylic acids is 1. The van der Waals surface area contributed by atoms with E-state index in [1.807, 2.05) is 92.7 Å². The minimum absolute atomic E-state index is 0.165. The number of hydrogen-bond acceptors (Lipinski definition) is 9. The van der Waals surface area contributed by atoms with Crippen molar-refractivity contribution in [3.05, 3.63) is 106 Å². The highest BCUT2D eigenvalue weighted by atomic mass is 16.8. The van der Waals surface area contributed by atoms with Crippen molar-refractivity contribution in [1.29, 1.82) is 0 Å². The molecule has 0 aromatic heterocycles. The largest absolute Gasteiger partial charge is 0.480 e. The van der Waals surface area contributed by atoms with Crippen LogP contribution in [0.2, 0.25) is 0 Å². The maximum Gasteiger partial charge on any atom is 0.285 e. The third-order valence-corrected chi connectivity index (χ3v) is 11.2. The molecule has 0 radical (unpaired) electrons. The van der Waals surface area contributed by atoms with Crippen LogP contribution in [0, 0.1) is 10.1 Å². The van der Waals surface area contributed by atoms with Gasteiger partial charge in [0.25, 0.3) is 11.4 Å². The van der Waals surface area contributed by atoms with E-state index < -0.39 is 59.5 Å². The first kappa shape index (κ1) is 29.3. The Morgan fingerprint density at radius 2 is 1.74 bits per heavy atom. The van der Waals surface area contributed by atoms with Crippen molar-refractivity contribution >= 4 is 11.6 Å². The Kier molecular flexibility index (Phi) is 6.43. The van der Waals surface area contributed by atoms with E-state index in [0.29, 0.717) is 30.0 Å². The second-order valence-electron chi connectivity index (χ2n) is 14.0. The van der Waals surface area contributed by atoms with Crippen LogP contribution in [0.4, 0.5) is 5.69 Å². The van der Waals surface area contributed by atoms with Gasteiger partial charge >= 0.3 is 0 Å². The maximum atomic E-state index is 14.6. The Morgan fingerprint density at radius 3 is 2.57 bits per heavy atom. The van der Waals surface area contributed by atoms with E-state index in [9.17, 15) is 14.9 Å². The normalized spacial score (nSPS) is 37.7. The average molecular weight is 640 g/mol. The van der Waals surface area contributed by atoms with Gasteiger partial charge in [-0.2, -0.15) is 0 Å². The first-order valence-electron chi connectivity index (χ1n) is 16.5. The molecular formula is C36H37N3O8. The Hall–Kier alpha value is -3.87. The summed E-state index contributed by atoms with van der Waals surface area (Å²) in [6, 6.07) is 24.2. The number of nitrogens with one attached hydrogen (secondary N) is 1. The first-order chi connectivity index (χ1) is 22.8. The van der Waals surface area contributed by atoms with Crippen molar-refractivity contribution in [2.24, 2.45) is 0 Å². The van der Waals surface area contributed by atoms with Gasteiger partial charge in [-0.25, -0.2) is 0 Å². The van der Waals surface area contributed by atoms with Crippen LogP contribution in [0.5, 0.6) is 5.75 Å². The van der Waals surface area contributed by atoms with Crippen LogP contribution in [0.15, 0.2) is 78.9 Å². The molecule has 4 fully saturated rings. The molecule has 3 aromatic carbocycles. The summed E-state index contributed by atoms with van der Waals surface area (Å²) < 4.78 is 32.7. The number of anilines is 1. The lowest BCUT2D eigenvalue weighted by molar-refractivity contribution is -0.594. The number of nitrogens with zero attached hydrogens (tertiary/aromatic N) is 2. The molecular weight excluding hydrogens is 602 g/mol. The van der Waals surface area contributed by atoms with Gasteiger partial charge in [-0.15, -0.1) is 0 Å². The van der Waals surface area contributed by atoms with Gasteiger partial charge in [0.1, 0.15) is 29.6 Å². The van der Waals surface area contributed by atoms with E-state index in [1.54, 1.807) is 0 Å². The van der Waals surface area contributed by atoms with Crippen LogP contribution in [-0.4, -0.2) is 70.3 Å². The van der Waals surface area contributed by atoms with Crippen molar-refractivity contribution in [3.63, 3.8) is 0 Å². The van der Waals surface area contributed by atoms with Crippen LogP contribution < -0.4 is 10.1 Å². The molecule has 1 amide bonds. The zero-order valence-electron chi connectivity index (χ0n) is 26.2. The Balaban J connectivity index is 1.25. The van der Waals surface area contributed by atoms with E-state index in [0.717, 1.165) is 24.0 Å². The van der Waals surface area contributed by atoms with Crippen molar-refractivity contribution in [2.75, 3.05) is 11.9 Å². The Morgan fingerprint density at radius 1 is 0.979 bits per heavy atom. The number of carbonyl (C=O) groups is 1. The highest BCUT2D eigenvalue weighted by Crippen LogP contribution is 2.67. The molecule has 0 aliphatic carbocycles. The smallest absolute Gasteiger partial charge is 0.285 e. The summed E-state index contributed by atoms with van der Waals surface area (Å²) in [7, 11) is 0. The Labute approximate surface area is 272 Å². The van der Waals surface area contributed by atoms with E-state index in [4.69, 9.17) is 23.7 Å². The van der Waals surface area contributed by atoms with Crippen molar-refractivity contribution in [2.45, 2.75) is 99.2 Å². The van der Waals surface area contributed by atoms with Gasteiger partial charge in [0.05, 0.1) is 18.6 Å². The number of benzene rings is 3. The van der Waals surface area contributed by atoms with Crippen LogP contribution in [0.3, 0.4) is 0 Å². The van der Waals surface area contributed by atoms with Gasteiger partial charge in [-0.3, -0.25) is 19.8 Å². The molecule has 4 saturated heterocycles. The molecule has 0 bridgehead atoms. The minimum atomic E-state index is -1.78. The second-order valence-corrected chi connectivity index (χ2v) is 14.0. The minimum Gasteiger partial charge on any atom is -0.480 e. The summed E-state index contributed by atoms with van der Waals surface area (Å²) in [4.78, 5) is 30.8. The van der Waals surface area contributed by atoms with Gasteiger partial charge in [0, 0.05) is 28.3 Å². The summed E-state index contributed by atoms with van der Waals surface area (Å²) in [6.45, 7) is 4.41.